The minimum absolute atomic E-state index is 0.177. The van der Waals surface area contributed by atoms with E-state index in [4.69, 9.17) is 0 Å². The van der Waals surface area contributed by atoms with Gasteiger partial charge in [-0.15, -0.1) is 22.7 Å². The van der Waals surface area contributed by atoms with Gasteiger partial charge >= 0.3 is 6.03 Å². The number of aromatic nitrogens is 1. The van der Waals surface area contributed by atoms with Crippen LogP contribution in [0.1, 0.15) is 28.6 Å². The molecular weight excluding hydrogens is 318 g/mol. The Hall–Kier alpha value is -1.44. The molecule has 7 heteroatoms. The van der Waals surface area contributed by atoms with Crippen LogP contribution in [0.4, 0.5) is 4.79 Å². The fraction of sp³-hybridized carbons (Fsp3) is 0.467. The van der Waals surface area contributed by atoms with Gasteiger partial charge in [-0.05, 0) is 24.8 Å². The van der Waals surface area contributed by atoms with Gasteiger partial charge < -0.3 is 15.7 Å². The van der Waals surface area contributed by atoms with Crippen molar-refractivity contribution in [2.24, 2.45) is 0 Å². The van der Waals surface area contributed by atoms with Crippen LogP contribution in [0.15, 0.2) is 23.7 Å². The highest BCUT2D eigenvalue weighted by molar-refractivity contribution is 7.11. The number of amides is 2. The molecule has 2 heterocycles. The van der Waals surface area contributed by atoms with Gasteiger partial charge in [-0.3, -0.25) is 0 Å². The highest BCUT2D eigenvalue weighted by Crippen LogP contribution is 2.24. The van der Waals surface area contributed by atoms with Crippen LogP contribution in [0.3, 0.4) is 0 Å². The van der Waals surface area contributed by atoms with Crippen LogP contribution in [0.2, 0.25) is 0 Å². The van der Waals surface area contributed by atoms with Crippen LogP contribution in [0.5, 0.6) is 0 Å². The van der Waals surface area contributed by atoms with E-state index in [0.717, 1.165) is 22.7 Å². The van der Waals surface area contributed by atoms with Gasteiger partial charge in [0.05, 0.1) is 11.6 Å². The fourth-order valence-electron chi connectivity index (χ4n) is 1.90. The highest BCUT2D eigenvalue weighted by atomic mass is 32.1. The van der Waals surface area contributed by atoms with Gasteiger partial charge in [-0.1, -0.05) is 13.0 Å². The first-order valence-corrected chi connectivity index (χ1v) is 8.92. The maximum Gasteiger partial charge on any atom is 0.314 e. The zero-order valence-electron chi connectivity index (χ0n) is 12.8. The molecule has 0 aliphatic rings. The number of aryl methyl sites for hydroxylation is 1. The Kier molecular flexibility index (Phi) is 5.93. The van der Waals surface area contributed by atoms with E-state index in [-0.39, 0.29) is 12.6 Å². The fourth-order valence-corrected chi connectivity index (χ4v) is 3.55. The molecule has 0 saturated carbocycles. The number of carbonyl (C=O) groups is 1. The maximum absolute atomic E-state index is 11.8. The lowest BCUT2D eigenvalue weighted by Crippen LogP contribution is -2.43. The molecular formula is C15H21N3O2S2. The van der Waals surface area contributed by atoms with Crippen molar-refractivity contribution in [2.45, 2.75) is 32.3 Å². The lowest BCUT2D eigenvalue weighted by molar-refractivity contribution is 0.0631. The van der Waals surface area contributed by atoms with E-state index in [2.05, 4.69) is 22.5 Å². The number of aliphatic hydroxyl groups is 1. The van der Waals surface area contributed by atoms with Gasteiger partial charge in [-0.2, -0.15) is 0 Å². The highest BCUT2D eigenvalue weighted by Gasteiger charge is 2.24. The molecule has 1 unspecified atom stereocenters. The normalized spacial score (nSPS) is 13.6. The van der Waals surface area contributed by atoms with E-state index in [0.29, 0.717) is 6.54 Å². The number of hydrogen-bond acceptors (Lipinski definition) is 5. The zero-order valence-corrected chi connectivity index (χ0v) is 14.4. The molecule has 0 aliphatic carbocycles. The average molecular weight is 339 g/mol. The number of hydrogen-bond donors (Lipinski definition) is 3. The van der Waals surface area contributed by atoms with Crippen LogP contribution < -0.4 is 10.6 Å². The first kappa shape index (κ1) is 16.9. The molecule has 22 heavy (non-hydrogen) atoms. The zero-order chi connectivity index (χ0) is 16.0. The standard InChI is InChI=1S/C15H21N3O2S2/c1-3-11-9-17-13(22-11)6-7-16-14(19)18-10-15(2,20)12-5-4-8-21-12/h4-5,8-9,20H,3,6-7,10H2,1-2H3,(H2,16,18,19). The second kappa shape index (κ2) is 7.71. The van der Waals surface area contributed by atoms with E-state index < -0.39 is 5.60 Å². The van der Waals surface area contributed by atoms with Crippen LogP contribution in [0.25, 0.3) is 0 Å². The van der Waals surface area contributed by atoms with E-state index in [1.165, 1.54) is 16.2 Å². The molecule has 0 spiro atoms. The molecule has 0 saturated heterocycles. The molecule has 2 aromatic heterocycles. The van der Waals surface area contributed by atoms with Gasteiger partial charge in [0.25, 0.3) is 0 Å². The minimum atomic E-state index is -1.04. The number of thiophene rings is 1. The van der Waals surface area contributed by atoms with Crippen molar-refractivity contribution in [2.75, 3.05) is 13.1 Å². The SMILES string of the molecule is CCc1cnc(CCNC(=O)NCC(C)(O)c2cccs2)s1. The van der Waals surface area contributed by atoms with E-state index in [1.807, 2.05) is 23.7 Å². The smallest absolute Gasteiger partial charge is 0.314 e. The van der Waals surface area contributed by atoms with Crippen LogP contribution in [0, 0.1) is 0 Å². The lowest BCUT2D eigenvalue weighted by atomic mass is 10.1. The average Bonchev–Trinajstić information content (AvgIpc) is 3.16. The molecule has 0 aliphatic heterocycles. The largest absolute Gasteiger partial charge is 0.383 e. The van der Waals surface area contributed by atoms with Gasteiger partial charge in [-0.25, -0.2) is 9.78 Å². The molecule has 0 fully saturated rings. The Morgan fingerprint density at radius 1 is 1.45 bits per heavy atom. The van der Waals surface area contributed by atoms with Crippen molar-refractivity contribution < 1.29 is 9.90 Å². The number of nitrogens with zero attached hydrogens (tertiary/aromatic N) is 1. The van der Waals surface area contributed by atoms with E-state index in [1.54, 1.807) is 18.3 Å². The Balaban J connectivity index is 1.69. The van der Waals surface area contributed by atoms with Crippen LogP contribution >= 0.6 is 22.7 Å². The minimum Gasteiger partial charge on any atom is -0.383 e. The molecule has 0 bridgehead atoms. The lowest BCUT2D eigenvalue weighted by Gasteiger charge is -2.22. The van der Waals surface area contributed by atoms with Gasteiger partial charge in [0.1, 0.15) is 5.60 Å². The third kappa shape index (κ3) is 4.79. The Bertz CT molecular complexity index is 594. The second-order valence-corrected chi connectivity index (χ2v) is 7.33. The predicted octanol–water partition coefficient (Wildman–Crippen LogP) is 2.52. The third-order valence-electron chi connectivity index (χ3n) is 3.22. The van der Waals surface area contributed by atoms with Crippen molar-refractivity contribution in [3.05, 3.63) is 38.5 Å². The predicted molar refractivity (Wildman–Crippen MR) is 90.5 cm³/mol. The van der Waals surface area contributed by atoms with Crippen molar-refractivity contribution in [3.63, 3.8) is 0 Å². The van der Waals surface area contributed by atoms with Crippen molar-refractivity contribution in [1.82, 2.24) is 15.6 Å². The monoisotopic (exact) mass is 339 g/mol. The summed E-state index contributed by atoms with van der Waals surface area (Å²) in [6.45, 7) is 4.50. The number of urea groups is 1. The summed E-state index contributed by atoms with van der Waals surface area (Å²) in [7, 11) is 0. The number of rotatable bonds is 7. The molecule has 1 atom stereocenters. The quantitative estimate of drug-likeness (QED) is 0.726. The summed E-state index contributed by atoms with van der Waals surface area (Å²) in [5.74, 6) is 0. The molecule has 2 amide bonds. The summed E-state index contributed by atoms with van der Waals surface area (Å²) in [6, 6.07) is 3.47. The molecule has 5 nitrogen and oxygen atoms in total. The van der Waals surface area contributed by atoms with E-state index >= 15 is 0 Å². The number of thiazole rings is 1. The van der Waals surface area contributed by atoms with E-state index in [9.17, 15) is 9.90 Å². The molecule has 2 aromatic rings. The van der Waals surface area contributed by atoms with Gasteiger partial charge in [0.15, 0.2) is 0 Å². The van der Waals surface area contributed by atoms with Crippen molar-refractivity contribution in [1.29, 1.82) is 0 Å². The first-order chi connectivity index (χ1) is 10.5. The van der Waals surface area contributed by atoms with Crippen LogP contribution in [-0.4, -0.2) is 29.2 Å². The molecule has 0 radical (unpaired) electrons. The van der Waals surface area contributed by atoms with Gasteiger partial charge in [0, 0.05) is 28.9 Å². The van der Waals surface area contributed by atoms with Gasteiger partial charge in [0.2, 0.25) is 0 Å². The Morgan fingerprint density at radius 2 is 2.27 bits per heavy atom. The second-order valence-electron chi connectivity index (χ2n) is 5.18. The molecule has 2 rings (SSSR count). The third-order valence-corrected chi connectivity index (χ3v) is 5.54. The van der Waals surface area contributed by atoms with Crippen LogP contribution in [-0.2, 0) is 18.4 Å². The summed E-state index contributed by atoms with van der Waals surface area (Å²) in [6.07, 6.45) is 3.60. The Labute approximate surface area is 138 Å². The summed E-state index contributed by atoms with van der Waals surface area (Å²) in [5, 5.41) is 18.7. The number of nitrogens with one attached hydrogen (secondary N) is 2. The van der Waals surface area contributed by atoms with Crippen molar-refractivity contribution in [3.8, 4) is 0 Å². The topological polar surface area (TPSA) is 74.2 Å². The number of carbonyl (C=O) groups excluding carboxylic acids is 1. The maximum atomic E-state index is 11.8. The molecule has 120 valence electrons. The summed E-state index contributed by atoms with van der Waals surface area (Å²) < 4.78 is 0. The molecule has 0 aromatic carbocycles. The first-order valence-electron chi connectivity index (χ1n) is 7.23. The summed E-state index contributed by atoms with van der Waals surface area (Å²) >= 11 is 3.15. The summed E-state index contributed by atoms with van der Waals surface area (Å²) in [5.41, 5.74) is -1.04. The molecule has 3 N–H and O–H groups in total. The Morgan fingerprint density at radius 3 is 2.91 bits per heavy atom. The summed E-state index contributed by atoms with van der Waals surface area (Å²) in [4.78, 5) is 18.2. The van der Waals surface area contributed by atoms with Crippen molar-refractivity contribution >= 4 is 28.7 Å².